The van der Waals surface area contributed by atoms with Crippen LogP contribution in [-0.4, -0.2) is 33.4 Å². The van der Waals surface area contributed by atoms with Gasteiger partial charge in [0.2, 0.25) is 0 Å². The van der Waals surface area contributed by atoms with Gasteiger partial charge in [-0.2, -0.15) is 0 Å². The molecule has 0 radical (unpaired) electrons. The lowest BCUT2D eigenvalue weighted by Gasteiger charge is -2.16. The van der Waals surface area contributed by atoms with E-state index >= 15 is 0 Å². The van der Waals surface area contributed by atoms with Gasteiger partial charge in [-0.15, -0.1) is 10.2 Å². The van der Waals surface area contributed by atoms with Crippen LogP contribution in [-0.2, 0) is 12.5 Å². The Morgan fingerprint density at radius 1 is 1.27 bits per heavy atom. The van der Waals surface area contributed by atoms with Crippen LogP contribution in [0.2, 0.25) is 0 Å². The maximum atomic E-state index is 10.9. The van der Waals surface area contributed by atoms with Crippen molar-refractivity contribution in [3.8, 4) is 5.75 Å². The van der Waals surface area contributed by atoms with Crippen LogP contribution in [0.1, 0.15) is 37.0 Å². The Kier molecular flexibility index (Phi) is 5.24. The van der Waals surface area contributed by atoms with Crippen molar-refractivity contribution in [1.29, 1.82) is 0 Å². The zero-order valence-corrected chi connectivity index (χ0v) is 14.2. The van der Waals surface area contributed by atoms with Gasteiger partial charge in [0.15, 0.2) is 11.4 Å². The van der Waals surface area contributed by atoms with Gasteiger partial charge in [0.1, 0.15) is 11.6 Å². The van der Waals surface area contributed by atoms with Gasteiger partial charge in [-0.05, 0) is 12.1 Å². The Morgan fingerprint density at radius 3 is 2.64 bits per heavy atom. The predicted molar refractivity (Wildman–Crippen MR) is 87.8 cm³/mol. The monoisotopic (exact) mass is 319 g/mol. The lowest BCUT2D eigenvalue weighted by molar-refractivity contribution is 0.112. The number of aromatic nitrogens is 3. The molecule has 0 aliphatic rings. The number of ether oxygens (including phenoxy) is 1. The molecular weight excluding hydrogens is 298 g/mol. The van der Waals surface area contributed by atoms with E-state index in [4.69, 9.17) is 4.74 Å². The second-order valence-corrected chi connectivity index (χ2v) is 7.03. The molecule has 118 valence electrons. The third kappa shape index (κ3) is 3.88. The molecule has 0 bridgehead atoms. The van der Waals surface area contributed by atoms with Crippen LogP contribution >= 0.6 is 11.8 Å². The van der Waals surface area contributed by atoms with E-state index in [2.05, 4.69) is 31.0 Å². The van der Waals surface area contributed by atoms with E-state index in [1.165, 1.54) is 0 Å². The molecule has 0 amide bonds. The third-order valence-electron chi connectivity index (χ3n) is 3.12. The fraction of sp³-hybridized carbons (Fsp3) is 0.438. The minimum Gasteiger partial charge on any atom is -0.492 e. The zero-order chi connectivity index (χ0) is 16.2. The first kappa shape index (κ1) is 16.5. The Bertz CT molecular complexity index is 647. The van der Waals surface area contributed by atoms with Crippen molar-refractivity contribution in [2.24, 2.45) is 7.05 Å². The standard InChI is InChI=1S/C16H21N3O2S/c1-16(2,3)14-17-18-15(19(14)4)22-10-9-21-13-8-6-5-7-12(13)11-20/h5-8,11H,9-10H2,1-4H3. The van der Waals surface area contributed by atoms with E-state index in [0.29, 0.717) is 17.9 Å². The Balaban J connectivity index is 1.90. The smallest absolute Gasteiger partial charge is 0.191 e. The highest BCUT2D eigenvalue weighted by atomic mass is 32.2. The average molecular weight is 319 g/mol. The zero-order valence-electron chi connectivity index (χ0n) is 13.4. The SMILES string of the molecule is Cn1c(SCCOc2ccccc2C=O)nnc1C(C)(C)C. The van der Waals surface area contributed by atoms with Gasteiger partial charge in [0.25, 0.3) is 0 Å². The highest BCUT2D eigenvalue weighted by molar-refractivity contribution is 7.99. The van der Waals surface area contributed by atoms with Crippen LogP contribution < -0.4 is 4.74 Å². The summed E-state index contributed by atoms with van der Waals surface area (Å²) in [6.45, 7) is 6.86. The van der Waals surface area contributed by atoms with Gasteiger partial charge in [0, 0.05) is 18.2 Å². The van der Waals surface area contributed by atoms with Crippen molar-refractivity contribution in [3.05, 3.63) is 35.7 Å². The van der Waals surface area contributed by atoms with Gasteiger partial charge in [0.05, 0.1) is 12.2 Å². The molecule has 0 fully saturated rings. The van der Waals surface area contributed by atoms with Crippen molar-refractivity contribution in [1.82, 2.24) is 14.8 Å². The number of thioether (sulfide) groups is 1. The summed E-state index contributed by atoms with van der Waals surface area (Å²) < 4.78 is 7.67. The van der Waals surface area contributed by atoms with Crippen molar-refractivity contribution in [2.75, 3.05) is 12.4 Å². The number of aldehydes is 1. The normalized spacial score (nSPS) is 11.5. The second-order valence-electron chi connectivity index (χ2n) is 5.97. The van der Waals surface area contributed by atoms with E-state index in [1.807, 2.05) is 23.7 Å². The minimum absolute atomic E-state index is 0.0278. The number of hydrogen-bond donors (Lipinski definition) is 0. The fourth-order valence-electron chi connectivity index (χ4n) is 2.09. The molecule has 0 aliphatic carbocycles. The number of carbonyl (C=O) groups excluding carboxylic acids is 1. The van der Waals surface area contributed by atoms with Crippen LogP contribution in [0.25, 0.3) is 0 Å². The molecule has 0 spiro atoms. The Labute approximate surface area is 135 Å². The highest BCUT2D eigenvalue weighted by Crippen LogP contribution is 2.24. The van der Waals surface area contributed by atoms with Crippen LogP contribution in [0.15, 0.2) is 29.4 Å². The molecule has 0 saturated heterocycles. The van der Waals surface area contributed by atoms with E-state index in [-0.39, 0.29) is 5.41 Å². The number of benzene rings is 1. The molecule has 0 N–H and O–H groups in total. The molecule has 0 atom stereocenters. The predicted octanol–water partition coefficient (Wildman–Crippen LogP) is 3.10. The summed E-state index contributed by atoms with van der Waals surface area (Å²) in [5.41, 5.74) is 0.543. The molecule has 5 nitrogen and oxygen atoms in total. The topological polar surface area (TPSA) is 57.0 Å². The van der Waals surface area contributed by atoms with Crippen LogP contribution in [0.5, 0.6) is 5.75 Å². The molecule has 6 heteroatoms. The molecule has 0 saturated carbocycles. The number of nitrogens with zero attached hydrogens (tertiary/aromatic N) is 3. The first-order valence-electron chi connectivity index (χ1n) is 7.13. The summed E-state index contributed by atoms with van der Waals surface area (Å²) in [5.74, 6) is 2.32. The van der Waals surface area contributed by atoms with E-state index < -0.39 is 0 Å². The molecule has 1 aromatic heterocycles. The van der Waals surface area contributed by atoms with Crippen molar-refractivity contribution >= 4 is 18.0 Å². The molecule has 0 unspecified atom stereocenters. The average Bonchev–Trinajstić information content (AvgIpc) is 2.85. The number of para-hydroxylation sites is 1. The van der Waals surface area contributed by atoms with Crippen LogP contribution in [0.3, 0.4) is 0 Å². The summed E-state index contributed by atoms with van der Waals surface area (Å²) in [6, 6.07) is 7.22. The van der Waals surface area contributed by atoms with E-state index in [0.717, 1.165) is 23.0 Å². The molecule has 22 heavy (non-hydrogen) atoms. The summed E-state index contributed by atoms with van der Waals surface area (Å²) in [5, 5.41) is 9.35. The molecule has 2 aromatic rings. The quantitative estimate of drug-likeness (QED) is 0.465. The Morgan fingerprint density at radius 2 is 2.00 bits per heavy atom. The van der Waals surface area contributed by atoms with E-state index in [9.17, 15) is 4.79 Å². The second kappa shape index (κ2) is 6.96. The summed E-state index contributed by atoms with van der Waals surface area (Å²) >= 11 is 1.59. The van der Waals surface area contributed by atoms with Crippen molar-refractivity contribution < 1.29 is 9.53 Å². The largest absolute Gasteiger partial charge is 0.492 e. The maximum absolute atomic E-state index is 10.9. The number of carbonyl (C=O) groups is 1. The minimum atomic E-state index is -0.0278. The van der Waals surface area contributed by atoms with Gasteiger partial charge < -0.3 is 9.30 Å². The van der Waals surface area contributed by atoms with Gasteiger partial charge in [-0.25, -0.2) is 0 Å². The van der Waals surface area contributed by atoms with Crippen LogP contribution in [0, 0.1) is 0 Å². The molecule has 2 rings (SSSR count). The first-order valence-corrected chi connectivity index (χ1v) is 8.11. The Hall–Kier alpha value is -1.82. The lowest BCUT2D eigenvalue weighted by Crippen LogP contribution is -2.17. The van der Waals surface area contributed by atoms with Crippen molar-refractivity contribution in [2.45, 2.75) is 31.3 Å². The van der Waals surface area contributed by atoms with Gasteiger partial charge >= 0.3 is 0 Å². The van der Waals surface area contributed by atoms with Gasteiger partial charge in [-0.1, -0.05) is 44.7 Å². The highest BCUT2D eigenvalue weighted by Gasteiger charge is 2.21. The van der Waals surface area contributed by atoms with Gasteiger partial charge in [-0.3, -0.25) is 4.79 Å². The summed E-state index contributed by atoms with van der Waals surface area (Å²) in [6.07, 6.45) is 0.806. The number of rotatable bonds is 6. The third-order valence-corrected chi connectivity index (χ3v) is 4.11. The number of hydrogen-bond acceptors (Lipinski definition) is 5. The maximum Gasteiger partial charge on any atom is 0.191 e. The first-order chi connectivity index (χ1) is 10.4. The van der Waals surface area contributed by atoms with Crippen LogP contribution in [0.4, 0.5) is 0 Å². The van der Waals surface area contributed by atoms with Crippen molar-refractivity contribution in [3.63, 3.8) is 0 Å². The summed E-state index contributed by atoms with van der Waals surface area (Å²) in [7, 11) is 1.98. The molecular formula is C16H21N3O2S. The fourth-order valence-corrected chi connectivity index (χ4v) is 2.82. The lowest BCUT2D eigenvalue weighted by atomic mass is 9.96. The molecule has 1 heterocycles. The molecule has 1 aromatic carbocycles. The van der Waals surface area contributed by atoms with E-state index in [1.54, 1.807) is 23.9 Å². The molecule has 0 aliphatic heterocycles. The summed E-state index contributed by atoms with van der Waals surface area (Å²) in [4.78, 5) is 10.9.